The molecule has 1 fully saturated rings. The molecule has 0 heterocycles. The molecule has 0 saturated heterocycles. The van der Waals surface area contributed by atoms with E-state index in [1.807, 2.05) is 18.2 Å². The smallest absolute Gasteiger partial charge is 0.223 e. The number of rotatable bonds is 7. The minimum absolute atomic E-state index is 0.246. The molecular formula is C14H18ClFN2O. The summed E-state index contributed by atoms with van der Waals surface area (Å²) < 4.78 is 12.0. The Hall–Kier alpha value is -1.13. The lowest BCUT2D eigenvalue weighted by Gasteiger charge is -2.13. The molecule has 1 amide bonds. The summed E-state index contributed by atoms with van der Waals surface area (Å²) in [5.74, 6) is -0.246. The first-order chi connectivity index (χ1) is 9.07. The van der Waals surface area contributed by atoms with E-state index in [2.05, 4.69) is 5.32 Å². The van der Waals surface area contributed by atoms with Crippen LogP contribution in [0, 0.1) is 5.41 Å². The summed E-state index contributed by atoms with van der Waals surface area (Å²) in [6, 6.07) is 5.69. The Kier molecular flexibility index (Phi) is 4.42. The van der Waals surface area contributed by atoms with Gasteiger partial charge in [0.1, 0.15) is 6.67 Å². The van der Waals surface area contributed by atoms with Gasteiger partial charge in [0.2, 0.25) is 5.91 Å². The largest absolute Gasteiger partial charge is 0.369 e. The fourth-order valence-corrected chi connectivity index (χ4v) is 2.38. The van der Waals surface area contributed by atoms with Gasteiger partial charge in [-0.1, -0.05) is 23.7 Å². The third-order valence-corrected chi connectivity index (χ3v) is 3.98. The highest BCUT2D eigenvalue weighted by atomic mass is 35.5. The monoisotopic (exact) mass is 284 g/mol. The number of primary amides is 1. The average Bonchev–Trinajstić information content (AvgIpc) is 3.15. The minimum atomic E-state index is -0.394. The maximum Gasteiger partial charge on any atom is 0.223 e. The molecule has 104 valence electrons. The second-order valence-electron chi connectivity index (χ2n) is 5.11. The van der Waals surface area contributed by atoms with Gasteiger partial charge >= 0.3 is 0 Å². The van der Waals surface area contributed by atoms with Crippen molar-refractivity contribution in [3.05, 3.63) is 34.3 Å². The molecule has 0 radical (unpaired) electrons. The second-order valence-corrected chi connectivity index (χ2v) is 5.52. The van der Waals surface area contributed by atoms with E-state index in [1.165, 1.54) is 0 Å². The topological polar surface area (TPSA) is 55.1 Å². The zero-order chi connectivity index (χ0) is 13.9. The van der Waals surface area contributed by atoms with E-state index in [-0.39, 0.29) is 12.6 Å². The van der Waals surface area contributed by atoms with E-state index in [4.69, 9.17) is 17.3 Å². The van der Waals surface area contributed by atoms with Gasteiger partial charge in [0.25, 0.3) is 0 Å². The Labute approximate surface area is 117 Å². The standard InChI is InChI=1S/C14H18ClFN2O/c15-12-2-1-10(9-18-6-5-16)7-11(12)8-14(3-4-14)13(17)19/h1-2,7,18H,3-6,8-9H2,(H2,17,19). The van der Waals surface area contributed by atoms with Gasteiger partial charge in [-0.2, -0.15) is 0 Å². The molecule has 19 heavy (non-hydrogen) atoms. The minimum Gasteiger partial charge on any atom is -0.369 e. The maximum atomic E-state index is 12.0. The third kappa shape index (κ3) is 3.45. The number of carbonyl (C=O) groups is 1. The van der Waals surface area contributed by atoms with Crippen molar-refractivity contribution in [2.75, 3.05) is 13.2 Å². The molecule has 5 heteroatoms. The summed E-state index contributed by atoms with van der Waals surface area (Å²) in [5.41, 5.74) is 7.01. The van der Waals surface area contributed by atoms with Gasteiger partial charge in [-0.3, -0.25) is 4.79 Å². The van der Waals surface area contributed by atoms with Crippen LogP contribution < -0.4 is 11.1 Å². The summed E-state index contributed by atoms with van der Waals surface area (Å²) in [6.07, 6.45) is 2.27. The van der Waals surface area contributed by atoms with Gasteiger partial charge in [0.15, 0.2) is 0 Å². The molecule has 0 aromatic heterocycles. The molecule has 1 aliphatic rings. The van der Waals surface area contributed by atoms with E-state index in [9.17, 15) is 9.18 Å². The van der Waals surface area contributed by atoms with Gasteiger partial charge in [0, 0.05) is 18.1 Å². The number of carbonyl (C=O) groups excluding carboxylic acids is 1. The van der Waals surface area contributed by atoms with E-state index in [0.717, 1.165) is 24.0 Å². The molecule has 0 unspecified atom stereocenters. The lowest BCUT2D eigenvalue weighted by Crippen LogP contribution is -2.26. The number of benzene rings is 1. The predicted octanol–water partition coefficient (Wildman–Crippen LogP) is 2.21. The highest BCUT2D eigenvalue weighted by Crippen LogP contribution is 2.48. The Morgan fingerprint density at radius 2 is 2.21 bits per heavy atom. The van der Waals surface area contributed by atoms with Gasteiger partial charge in [-0.15, -0.1) is 0 Å². The van der Waals surface area contributed by atoms with Crippen molar-refractivity contribution in [3.8, 4) is 0 Å². The van der Waals surface area contributed by atoms with E-state index in [0.29, 0.717) is 24.5 Å². The van der Waals surface area contributed by atoms with Crippen molar-refractivity contribution in [3.63, 3.8) is 0 Å². The van der Waals surface area contributed by atoms with Gasteiger partial charge in [-0.25, -0.2) is 4.39 Å². The van der Waals surface area contributed by atoms with Crippen LogP contribution >= 0.6 is 11.6 Å². The first kappa shape index (κ1) is 14.3. The molecule has 1 saturated carbocycles. The molecule has 3 N–H and O–H groups in total. The van der Waals surface area contributed by atoms with E-state index in [1.54, 1.807) is 0 Å². The fraction of sp³-hybridized carbons (Fsp3) is 0.500. The Bertz CT molecular complexity index is 475. The van der Waals surface area contributed by atoms with Gasteiger partial charge in [-0.05, 0) is 36.5 Å². The molecule has 0 spiro atoms. The Morgan fingerprint density at radius 3 is 2.79 bits per heavy atom. The fourth-order valence-electron chi connectivity index (χ4n) is 2.20. The van der Waals surface area contributed by atoms with Crippen LogP contribution in [0.3, 0.4) is 0 Å². The number of hydrogen-bond acceptors (Lipinski definition) is 2. The van der Waals surface area contributed by atoms with Crippen molar-refractivity contribution in [1.82, 2.24) is 5.32 Å². The highest BCUT2D eigenvalue weighted by Gasteiger charge is 2.48. The van der Waals surface area contributed by atoms with Crippen LogP contribution in [0.5, 0.6) is 0 Å². The van der Waals surface area contributed by atoms with Gasteiger partial charge in [0.05, 0.1) is 5.41 Å². The zero-order valence-electron chi connectivity index (χ0n) is 10.7. The number of halogens is 2. The number of hydrogen-bond donors (Lipinski definition) is 2. The normalized spacial score (nSPS) is 16.3. The Balaban J connectivity index is 2.07. The number of alkyl halides is 1. The lowest BCUT2D eigenvalue weighted by molar-refractivity contribution is -0.123. The van der Waals surface area contributed by atoms with Crippen LogP contribution in [0.1, 0.15) is 24.0 Å². The molecule has 2 rings (SSSR count). The van der Waals surface area contributed by atoms with Crippen molar-refractivity contribution < 1.29 is 9.18 Å². The molecule has 3 nitrogen and oxygen atoms in total. The average molecular weight is 285 g/mol. The molecular weight excluding hydrogens is 267 g/mol. The van der Waals surface area contributed by atoms with Crippen molar-refractivity contribution in [2.45, 2.75) is 25.8 Å². The third-order valence-electron chi connectivity index (χ3n) is 3.62. The summed E-state index contributed by atoms with van der Waals surface area (Å²) in [7, 11) is 0. The van der Waals surface area contributed by atoms with Crippen LogP contribution in [-0.2, 0) is 17.8 Å². The molecule has 0 aliphatic heterocycles. The zero-order valence-corrected chi connectivity index (χ0v) is 11.5. The number of amides is 1. The van der Waals surface area contributed by atoms with Crippen molar-refractivity contribution in [2.24, 2.45) is 11.1 Å². The lowest BCUT2D eigenvalue weighted by atomic mass is 9.94. The summed E-state index contributed by atoms with van der Waals surface area (Å²) in [6.45, 7) is 0.548. The SMILES string of the molecule is NC(=O)C1(Cc2cc(CNCCF)ccc2Cl)CC1. The van der Waals surface area contributed by atoms with Crippen LogP contribution in [0.25, 0.3) is 0 Å². The predicted molar refractivity (Wildman–Crippen MR) is 73.7 cm³/mol. The van der Waals surface area contributed by atoms with Crippen LogP contribution in [0.4, 0.5) is 4.39 Å². The quantitative estimate of drug-likeness (QED) is 0.754. The van der Waals surface area contributed by atoms with Gasteiger partial charge < -0.3 is 11.1 Å². The van der Waals surface area contributed by atoms with Crippen molar-refractivity contribution in [1.29, 1.82) is 0 Å². The molecule has 0 atom stereocenters. The summed E-state index contributed by atoms with van der Waals surface area (Å²) >= 11 is 6.16. The number of nitrogens with two attached hydrogens (primary N) is 1. The summed E-state index contributed by atoms with van der Waals surface area (Å²) in [4.78, 5) is 11.4. The second kappa shape index (κ2) is 5.88. The van der Waals surface area contributed by atoms with Crippen LogP contribution in [0.15, 0.2) is 18.2 Å². The van der Waals surface area contributed by atoms with E-state index < -0.39 is 5.41 Å². The molecule has 1 aliphatic carbocycles. The van der Waals surface area contributed by atoms with Crippen molar-refractivity contribution >= 4 is 17.5 Å². The summed E-state index contributed by atoms with van der Waals surface area (Å²) in [5, 5.41) is 3.64. The molecule has 1 aromatic rings. The number of nitrogens with one attached hydrogen (secondary N) is 1. The first-order valence-electron chi connectivity index (χ1n) is 6.41. The first-order valence-corrected chi connectivity index (χ1v) is 6.79. The van der Waals surface area contributed by atoms with E-state index >= 15 is 0 Å². The maximum absolute atomic E-state index is 12.0. The highest BCUT2D eigenvalue weighted by molar-refractivity contribution is 6.31. The Morgan fingerprint density at radius 1 is 1.47 bits per heavy atom. The van der Waals surface area contributed by atoms with Crippen LogP contribution in [0.2, 0.25) is 5.02 Å². The molecule has 0 bridgehead atoms. The molecule has 1 aromatic carbocycles. The van der Waals surface area contributed by atoms with Crippen LogP contribution in [-0.4, -0.2) is 19.1 Å².